The van der Waals surface area contributed by atoms with Gasteiger partial charge in [-0.1, -0.05) is 305 Å². The average Bonchev–Trinajstić information content (AvgIpc) is 0.680. The highest BCUT2D eigenvalue weighted by molar-refractivity contribution is 7.02. The lowest BCUT2D eigenvalue weighted by Crippen LogP contribution is -2.62. The van der Waals surface area contributed by atoms with Crippen molar-refractivity contribution in [3.8, 4) is 89.0 Å². The van der Waals surface area contributed by atoms with Gasteiger partial charge in [0.05, 0.1) is 11.4 Å². The van der Waals surface area contributed by atoms with Crippen LogP contribution in [0.1, 0.15) is 79.0 Å². The van der Waals surface area contributed by atoms with Gasteiger partial charge in [-0.05, 0) is 177 Å². The Hall–Kier alpha value is -10.5. The SMILES string of the molecule is CC(C)(C)c1cc(-c2ccccc2)c(N2c3cc(-c4ccccc4)cc(-c4ccccc4)c3B3c4c(-c5ccccc5)cc(-c5ccccc5)cc4N(c4c(-c5ccccc5)cc(C(C)(C)C)cc4-c4ccccc4)c4cc(C(C)(C)C)cc2c43)c(-c2ccccc2)c1. The number of fused-ring (bicyclic) bond motifs is 4. The summed E-state index contributed by atoms with van der Waals surface area (Å²) >= 11 is 0. The van der Waals surface area contributed by atoms with Crippen molar-refractivity contribution in [2.24, 2.45) is 0 Å². The van der Waals surface area contributed by atoms with Gasteiger partial charge in [0.2, 0.25) is 0 Å². The monoisotopic (exact) mass is 1200 g/mol. The Labute approximate surface area is 551 Å². The summed E-state index contributed by atoms with van der Waals surface area (Å²) in [7, 11) is 0. The number of rotatable bonds is 10. The Balaban J connectivity index is 1.22. The summed E-state index contributed by atoms with van der Waals surface area (Å²) in [6, 6.07) is 115. The van der Waals surface area contributed by atoms with Gasteiger partial charge in [-0.25, -0.2) is 0 Å². The molecule has 3 heteroatoms. The van der Waals surface area contributed by atoms with Crippen LogP contribution in [0.4, 0.5) is 34.1 Å². The van der Waals surface area contributed by atoms with E-state index in [0.29, 0.717) is 0 Å². The predicted octanol–water partition coefficient (Wildman–Crippen LogP) is 23.0. The lowest BCUT2D eigenvalue weighted by atomic mass is 9.31. The topological polar surface area (TPSA) is 6.48 Å². The standard InChI is InChI=1S/C90H77BN2/c1-88(2,3)70-54-75(64-42-26-14-27-43-64)86(76(55-70)65-44-28-15-29-45-65)92-79-52-68(60-34-18-10-19-35-60)50-73(62-38-22-12-23-39-62)83(79)91-84-74(63-40-24-13-25-41-63)51-69(61-36-20-11-21-37-61)53-80(84)93(82-59-72(90(7,8)9)58-81(92)85(82)91)87-77(66-46-30-16-31-47-66)56-71(89(4,5)6)57-78(87)67-48-32-17-33-49-67/h10-59H,1-9H3. The molecule has 0 aromatic heterocycles. The highest BCUT2D eigenvalue weighted by atomic mass is 15.2. The number of anilines is 6. The first-order valence-corrected chi connectivity index (χ1v) is 33.0. The molecule has 2 nitrogen and oxygen atoms in total. The fourth-order valence-corrected chi connectivity index (χ4v) is 14.4. The maximum atomic E-state index is 2.75. The van der Waals surface area contributed by atoms with E-state index in [2.05, 4.69) is 375 Å². The van der Waals surface area contributed by atoms with Crippen LogP contribution in [0.25, 0.3) is 89.0 Å². The first kappa shape index (κ1) is 58.9. The van der Waals surface area contributed by atoms with Crippen LogP contribution in [0, 0.1) is 0 Å². The maximum Gasteiger partial charge on any atom is 0.253 e. The van der Waals surface area contributed by atoms with E-state index in [1.165, 1.54) is 77.6 Å². The van der Waals surface area contributed by atoms with E-state index < -0.39 is 0 Å². The van der Waals surface area contributed by atoms with E-state index in [1.54, 1.807) is 0 Å². The molecule has 15 rings (SSSR count). The third-order valence-corrected chi connectivity index (χ3v) is 19.3. The molecule has 0 spiro atoms. The fraction of sp³-hybridized carbons (Fsp3) is 0.133. The zero-order chi connectivity index (χ0) is 63.8. The molecule has 0 radical (unpaired) electrons. The molecule has 2 heterocycles. The molecule has 13 aromatic carbocycles. The third-order valence-electron chi connectivity index (χ3n) is 19.3. The minimum absolute atomic E-state index is 0.186. The Bertz CT molecular complexity index is 4480. The van der Waals surface area contributed by atoms with E-state index in [1.807, 2.05) is 0 Å². The van der Waals surface area contributed by atoms with Crippen molar-refractivity contribution < 1.29 is 0 Å². The molecule has 0 aliphatic carbocycles. The van der Waals surface area contributed by atoms with Crippen molar-refractivity contribution in [2.75, 3.05) is 9.80 Å². The molecule has 2 aliphatic heterocycles. The molecule has 0 bridgehead atoms. The quantitative estimate of drug-likeness (QED) is 0.126. The molecule has 0 fully saturated rings. The summed E-state index contributed by atoms with van der Waals surface area (Å²) in [6.45, 7) is 21.0. The highest BCUT2D eigenvalue weighted by Gasteiger charge is 2.49. The lowest BCUT2D eigenvalue weighted by Gasteiger charge is -2.48. The lowest BCUT2D eigenvalue weighted by molar-refractivity contribution is 0.590. The molecule has 450 valence electrons. The maximum absolute atomic E-state index is 2.75. The van der Waals surface area contributed by atoms with Crippen LogP contribution in [0.3, 0.4) is 0 Å². The van der Waals surface area contributed by atoms with Gasteiger partial charge >= 0.3 is 0 Å². The van der Waals surface area contributed by atoms with Crippen LogP contribution in [0.5, 0.6) is 0 Å². The van der Waals surface area contributed by atoms with Gasteiger partial charge in [-0.15, -0.1) is 0 Å². The summed E-state index contributed by atoms with van der Waals surface area (Å²) in [4.78, 5) is 5.50. The Morgan fingerprint density at radius 1 is 0.204 bits per heavy atom. The van der Waals surface area contributed by atoms with Crippen LogP contribution in [0.15, 0.2) is 303 Å². The van der Waals surface area contributed by atoms with E-state index in [-0.39, 0.29) is 23.0 Å². The van der Waals surface area contributed by atoms with Gasteiger partial charge in [0, 0.05) is 45.0 Å². The van der Waals surface area contributed by atoms with Crippen molar-refractivity contribution >= 4 is 57.2 Å². The molecule has 0 N–H and O–H groups in total. The average molecular weight is 1200 g/mol. The molecule has 0 amide bonds. The molecule has 2 aliphatic rings. The second-order valence-corrected chi connectivity index (χ2v) is 28.5. The van der Waals surface area contributed by atoms with Crippen molar-refractivity contribution in [3.05, 3.63) is 320 Å². The van der Waals surface area contributed by atoms with E-state index >= 15 is 0 Å². The van der Waals surface area contributed by atoms with Gasteiger partial charge in [0.25, 0.3) is 6.71 Å². The van der Waals surface area contributed by atoms with E-state index in [0.717, 1.165) is 78.6 Å². The van der Waals surface area contributed by atoms with Gasteiger partial charge in [0.15, 0.2) is 0 Å². The Kier molecular flexibility index (Phi) is 14.8. The van der Waals surface area contributed by atoms with Crippen LogP contribution in [0.2, 0.25) is 0 Å². The van der Waals surface area contributed by atoms with Crippen LogP contribution in [-0.2, 0) is 16.2 Å². The van der Waals surface area contributed by atoms with Gasteiger partial charge in [-0.2, -0.15) is 0 Å². The Morgan fingerprint density at radius 3 is 0.667 bits per heavy atom. The number of nitrogens with zero attached hydrogens (tertiary/aromatic N) is 2. The van der Waals surface area contributed by atoms with Gasteiger partial charge in [0.1, 0.15) is 0 Å². The molecule has 0 saturated carbocycles. The zero-order valence-corrected chi connectivity index (χ0v) is 54.8. The molecule has 0 unspecified atom stereocenters. The smallest absolute Gasteiger partial charge is 0.253 e. The normalized spacial score (nSPS) is 12.7. The van der Waals surface area contributed by atoms with Gasteiger partial charge in [-0.3, -0.25) is 0 Å². The van der Waals surface area contributed by atoms with Crippen molar-refractivity contribution in [2.45, 2.75) is 78.6 Å². The number of benzene rings is 13. The first-order chi connectivity index (χ1) is 45.1. The zero-order valence-electron chi connectivity index (χ0n) is 54.8. The Morgan fingerprint density at radius 2 is 0.419 bits per heavy atom. The van der Waals surface area contributed by atoms with E-state index in [4.69, 9.17) is 0 Å². The minimum Gasteiger partial charge on any atom is -0.310 e. The molecule has 0 saturated heterocycles. The van der Waals surface area contributed by atoms with Crippen LogP contribution in [-0.4, -0.2) is 6.71 Å². The second kappa shape index (κ2) is 23.3. The van der Waals surface area contributed by atoms with Crippen molar-refractivity contribution in [1.29, 1.82) is 0 Å². The minimum atomic E-state index is -0.317. The summed E-state index contributed by atoms with van der Waals surface area (Å²) in [6.07, 6.45) is 0. The van der Waals surface area contributed by atoms with Crippen LogP contribution < -0.4 is 26.2 Å². The summed E-state index contributed by atoms with van der Waals surface area (Å²) in [5.41, 5.74) is 32.5. The second-order valence-electron chi connectivity index (χ2n) is 28.5. The van der Waals surface area contributed by atoms with E-state index in [9.17, 15) is 0 Å². The van der Waals surface area contributed by atoms with Crippen molar-refractivity contribution in [1.82, 2.24) is 0 Å². The number of hydrogen-bond donors (Lipinski definition) is 0. The van der Waals surface area contributed by atoms with Gasteiger partial charge < -0.3 is 9.80 Å². The molecule has 93 heavy (non-hydrogen) atoms. The fourth-order valence-electron chi connectivity index (χ4n) is 14.4. The third kappa shape index (κ3) is 10.7. The molecular formula is C90H77BN2. The summed E-state index contributed by atoms with van der Waals surface area (Å²) in [5.74, 6) is 0. The molecular weight excluding hydrogens is 1120 g/mol. The number of hydrogen-bond acceptors (Lipinski definition) is 2. The summed E-state index contributed by atoms with van der Waals surface area (Å²) < 4.78 is 0. The predicted molar refractivity (Wildman–Crippen MR) is 400 cm³/mol. The highest BCUT2D eigenvalue weighted by Crippen LogP contribution is 2.56. The first-order valence-electron chi connectivity index (χ1n) is 33.0. The summed E-state index contributed by atoms with van der Waals surface area (Å²) in [5, 5.41) is 0. The van der Waals surface area contributed by atoms with Crippen LogP contribution >= 0.6 is 0 Å². The van der Waals surface area contributed by atoms with Crippen molar-refractivity contribution in [3.63, 3.8) is 0 Å². The molecule has 13 aromatic rings. The largest absolute Gasteiger partial charge is 0.310 e. The molecule has 0 atom stereocenters.